The van der Waals surface area contributed by atoms with Crippen molar-refractivity contribution in [1.82, 2.24) is 15.3 Å². The summed E-state index contributed by atoms with van der Waals surface area (Å²) in [6.07, 6.45) is 11.8. The molecule has 4 N–H and O–H groups in total. The van der Waals surface area contributed by atoms with Crippen LogP contribution in [0.2, 0.25) is 0 Å². The molecule has 0 bridgehead atoms. The van der Waals surface area contributed by atoms with E-state index < -0.39 is 34.0 Å². The van der Waals surface area contributed by atoms with Gasteiger partial charge in [-0.25, -0.2) is 4.79 Å². The number of amides is 1. The molecule has 1 heterocycles. The van der Waals surface area contributed by atoms with Crippen LogP contribution in [0.25, 0.3) is 6.08 Å². The van der Waals surface area contributed by atoms with Gasteiger partial charge < -0.3 is 15.4 Å². The van der Waals surface area contributed by atoms with Crippen LogP contribution in [0.1, 0.15) is 69.5 Å². The first-order chi connectivity index (χ1) is 14.4. The van der Waals surface area contributed by atoms with Crippen LogP contribution in [0.3, 0.4) is 0 Å². The van der Waals surface area contributed by atoms with E-state index in [9.17, 15) is 23.7 Å². The lowest BCUT2D eigenvalue weighted by Gasteiger charge is -2.14. The highest BCUT2D eigenvalue weighted by Crippen LogP contribution is 2.09. The molecule has 0 aromatic carbocycles. The summed E-state index contributed by atoms with van der Waals surface area (Å²) < 4.78 is 12.2. The number of aromatic amines is 2. The predicted molar refractivity (Wildman–Crippen MR) is 121 cm³/mol. The van der Waals surface area contributed by atoms with Crippen molar-refractivity contribution in [2.75, 3.05) is 18.1 Å². The number of carbonyl (C=O) groups excluding carboxylic acids is 1. The van der Waals surface area contributed by atoms with Gasteiger partial charge in [0.1, 0.15) is 0 Å². The SMILES string of the molecule is CCCCCCCCCCS(=O)C[C@H](CO)NC(=O)/C=C/c1c(C)[nH]c(=O)[nH]c1=O. The van der Waals surface area contributed by atoms with Crippen molar-refractivity contribution in [2.24, 2.45) is 0 Å². The van der Waals surface area contributed by atoms with Crippen LogP contribution < -0.4 is 16.6 Å². The van der Waals surface area contributed by atoms with Crippen molar-refractivity contribution in [3.05, 3.63) is 38.2 Å². The lowest BCUT2D eigenvalue weighted by atomic mass is 10.1. The maximum Gasteiger partial charge on any atom is 0.325 e. The molecule has 0 radical (unpaired) electrons. The summed E-state index contributed by atoms with van der Waals surface area (Å²) >= 11 is 0. The number of hydrogen-bond donors (Lipinski definition) is 4. The summed E-state index contributed by atoms with van der Waals surface area (Å²) in [6, 6.07) is -0.619. The summed E-state index contributed by atoms with van der Waals surface area (Å²) in [5, 5.41) is 12.1. The average Bonchev–Trinajstić information content (AvgIpc) is 2.68. The van der Waals surface area contributed by atoms with Gasteiger partial charge in [-0.2, -0.15) is 0 Å². The summed E-state index contributed by atoms with van der Waals surface area (Å²) in [5.74, 6) is 0.233. The molecule has 0 spiro atoms. The molecule has 1 aromatic rings. The Morgan fingerprint density at radius 3 is 2.33 bits per heavy atom. The first kappa shape index (κ1) is 26.0. The second-order valence-electron chi connectivity index (χ2n) is 7.45. The van der Waals surface area contributed by atoms with Crippen molar-refractivity contribution in [2.45, 2.75) is 71.3 Å². The standard InChI is InChI=1S/C21H35N3O5S/c1-3-4-5-6-7-8-9-10-13-30(29)15-17(14-25)23-19(26)12-11-18-16(2)22-21(28)24-20(18)27/h11-12,17,25H,3-10,13-15H2,1-2H3,(H,23,26)(H2,22,24,27,28)/b12-11+/t17-,30?/m0/s1. The fraction of sp³-hybridized carbons (Fsp3) is 0.667. The zero-order valence-electron chi connectivity index (χ0n) is 18.0. The Bertz CT molecular complexity index is 816. The van der Waals surface area contributed by atoms with E-state index in [0.29, 0.717) is 11.4 Å². The van der Waals surface area contributed by atoms with Gasteiger partial charge in [-0.3, -0.25) is 18.8 Å². The highest BCUT2D eigenvalue weighted by Gasteiger charge is 2.14. The van der Waals surface area contributed by atoms with Gasteiger partial charge in [-0.05, 0) is 19.4 Å². The molecular formula is C21H35N3O5S. The zero-order chi connectivity index (χ0) is 22.4. The molecule has 0 aliphatic heterocycles. The molecule has 1 amide bonds. The van der Waals surface area contributed by atoms with E-state index in [1.807, 2.05) is 0 Å². The first-order valence-corrected chi connectivity index (χ1v) is 12.1. The van der Waals surface area contributed by atoms with E-state index >= 15 is 0 Å². The Balaban J connectivity index is 2.37. The van der Waals surface area contributed by atoms with E-state index in [1.54, 1.807) is 6.92 Å². The number of aromatic nitrogens is 2. The normalized spacial score (nSPS) is 13.4. The zero-order valence-corrected chi connectivity index (χ0v) is 18.8. The van der Waals surface area contributed by atoms with Gasteiger partial charge in [-0.15, -0.1) is 0 Å². The second kappa shape index (κ2) is 14.9. The summed E-state index contributed by atoms with van der Waals surface area (Å²) in [5.41, 5.74) is -0.689. The number of unbranched alkanes of at least 4 members (excludes halogenated alkanes) is 7. The highest BCUT2D eigenvalue weighted by atomic mass is 32.2. The largest absolute Gasteiger partial charge is 0.394 e. The predicted octanol–water partition coefficient (Wildman–Crippen LogP) is 1.75. The van der Waals surface area contributed by atoms with Crippen LogP contribution in [0.15, 0.2) is 15.7 Å². The van der Waals surface area contributed by atoms with Crippen LogP contribution >= 0.6 is 0 Å². The molecule has 0 aliphatic carbocycles. The molecule has 0 saturated carbocycles. The van der Waals surface area contributed by atoms with Crippen LogP contribution in [0, 0.1) is 6.92 Å². The minimum absolute atomic E-state index is 0.170. The van der Waals surface area contributed by atoms with Crippen molar-refractivity contribution in [3.63, 3.8) is 0 Å². The van der Waals surface area contributed by atoms with Crippen LogP contribution in [-0.2, 0) is 15.6 Å². The van der Waals surface area contributed by atoms with E-state index in [1.165, 1.54) is 38.2 Å². The quantitative estimate of drug-likeness (QED) is 0.243. The van der Waals surface area contributed by atoms with Crippen molar-refractivity contribution < 1.29 is 14.1 Å². The molecule has 0 fully saturated rings. The molecule has 0 aliphatic rings. The topological polar surface area (TPSA) is 132 Å². The number of hydrogen-bond acceptors (Lipinski definition) is 5. The van der Waals surface area contributed by atoms with Crippen molar-refractivity contribution in [1.29, 1.82) is 0 Å². The van der Waals surface area contributed by atoms with Gasteiger partial charge in [0, 0.05) is 34.1 Å². The third-order valence-corrected chi connectivity index (χ3v) is 6.28. The molecule has 8 nitrogen and oxygen atoms in total. The lowest BCUT2D eigenvalue weighted by Crippen LogP contribution is -2.40. The molecule has 1 unspecified atom stereocenters. The number of H-pyrrole nitrogens is 2. The Kier molecular flexibility index (Phi) is 12.9. The molecule has 1 rings (SSSR count). The third-order valence-electron chi connectivity index (χ3n) is 4.76. The molecule has 9 heteroatoms. The monoisotopic (exact) mass is 441 g/mol. The molecule has 1 aromatic heterocycles. The average molecular weight is 442 g/mol. The number of rotatable bonds is 15. The van der Waals surface area contributed by atoms with Gasteiger partial charge in [0.05, 0.1) is 18.2 Å². The molecular weight excluding hydrogens is 406 g/mol. The minimum atomic E-state index is -1.12. The number of aliphatic hydroxyl groups is 1. The van der Waals surface area contributed by atoms with E-state index in [4.69, 9.17) is 0 Å². The van der Waals surface area contributed by atoms with Gasteiger partial charge in [0.2, 0.25) is 5.91 Å². The molecule has 30 heavy (non-hydrogen) atoms. The maximum atomic E-state index is 12.2. The third kappa shape index (κ3) is 10.7. The van der Waals surface area contributed by atoms with Gasteiger partial charge in [0.15, 0.2) is 0 Å². The molecule has 0 saturated heterocycles. The smallest absolute Gasteiger partial charge is 0.325 e. The van der Waals surface area contributed by atoms with E-state index in [0.717, 1.165) is 25.3 Å². The lowest BCUT2D eigenvalue weighted by molar-refractivity contribution is -0.117. The Hall–Kier alpha value is -2.00. The van der Waals surface area contributed by atoms with Crippen molar-refractivity contribution in [3.8, 4) is 0 Å². The Labute approximate surface area is 180 Å². The van der Waals surface area contributed by atoms with Gasteiger partial charge in [-0.1, -0.05) is 51.9 Å². The number of aryl methyl sites for hydroxylation is 1. The molecule has 2 atom stereocenters. The number of nitrogens with one attached hydrogen (secondary N) is 3. The van der Waals surface area contributed by atoms with Crippen molar-refractivity contribution >= 4 is 22.8 Å². The van der Waals surface area contributed by atoms with E-state index in [2.05, 4.69) is 22.2 Å². The Morgan fingerprint density at radius 2 is 1.73 bits per heavy atom. The second-order valence-corrected chi connectivity index (χ2v) is 9.08. The Morgan fingerprint density at radius 1 is 1.10 bits per heavy atom. The number of carbonyl (C=O) groups is 1. The summed E-state index contributed by atoms with van der Waals surface area (Å²) in [7, 11) is -1.12. The maximum absolute atomic E-state index is 12.2. The minimum Gasteiger partial charge on any atom is -0.394 e. The molecule has 170 valence electrons. The summed E-state index contributed by atoms with van der Waals surface area (Å²) in [6.45, 7) is 3.43. The van der Waals surface area contributed by atoms with Crippen LogP contribution in [0.4, 0.5) is 0 Å². The van der Waals surface area contributed by atoms with Crippen LogP contribution in [-0.4, -0.2) is 49.3 Å². The summed E-state index contributed by atoms with van der Waals surface area (Å²) in [4.78, 5) is 39.6. The first-order valence-electron chi connectivity index (χ1n) is 10.6. The number of aliphatic hydroxyl groups excluding tert-OH is 1. The van der Waals surface area contributed by atoms with Gasteiger partial charge in [0.25, 0.3) is 5.56 Å². The highest BCUT2D eigenvalue weighted by molar-refractivity contribution is 7.85. The van der Waals surface area contributed by atoms with Gasteiger partial charge >= 0.3 is 5.69 Å². The fourth-order valence-corrected chi connectivity index (χ4v) is 4.39. The van der Waals surface area contributed by atoms with Crippen LogP contribution in [0.5, 0.6) is 0 Å². The van der Waals surface area contributed by atoms with E-state index in [-0.39, 0.29) is 17.9 Å². The fourth-order valence-electron chi connectivity index (χ4n) is 3.06.